The Labute approximate surface area is 211 Å². The van der Waals surface area contributed by atoms with Crippen LogP contribution in [0.1, 0.15) is 20.8 Å². The number of pyridine rings is 1. The highest BCUT2D eigenvalue weighted by atomic mass is 32.1. The third-order valence-corrected chi connectivity index (χ3v) is 9.22. The van der Waals surface area contributed by atoms with Gasteiger partial charge < -0.3 is 19.1 Å². The van der Waals surface area contributed by atoms with E-state index in [1.54, 1.807) is 18.3 Å². The predicted molar refractivity (Wildman–Crippen MR) is 144 cm³/mol. The van der Waals surface area contributed by atoms with E-state index in [-0.39, 0.29) is 10.6 Å². The first kappa shape index (κ1) is 24.0. The van der Waals surface area contributed by atoms with Crippen LogP contribution in [0.2, 0.25) is 0 Å². The summed E-state index contributed by atoms with van der Waals surface area (Å²) in [5.74, 6) is -0.409. The lowest BCUT2D eigenvalue weighted by Crippen LogP contribution is -2.17. The molecule has 0 bridgehead atoms. The molecule has 2 aromatic carbocycles. The van der Waals surface area contributed by atoms with Gasteiger partial charge in [0.05, 0.1) is 11.0 Å². The maximum absolute atomic E-state index is 13.7. The number of rotatable bonds is 7. The van der Waals surface area contributed by atoms with Gasteiger partial charge in [0.25, 0.3) is 0 Å². The van der Waals surface area contributed by atoms with E-state index in [4.69, 9.17) is 8.94 Å². The molecule has 2 N–H and O–H groups in total. The minimum atomic E-state index is -3.56. The highest BCUT2D eigenvalue weighted by Gasteiger charge is 2.30. The summed E-state index contributed by atoms with van der Waals surface area (Å²) < 4.78 is 25.1. The number of hydrogen-bond acceptors (Lipinski definition) is 6. The molecule has 3 heterocycles. The molecule has 0 fully saturated rings. The van der Waals surface area contributed by atoms with Gasteiger partial charge in [-0.15, -0.1) is 11.3 Å². The summed E-state index contributed by atoms with van der Waals surface area (Å²) in [4.78, 5) is 17.1. The van der Waals surface area contributed by atoms with E-state index in [0.717, 1.165) is 44.0 Å². The summed E-state index contributed by atoms with van der Waals surface area (Å²) in [6, 6.07) is 20.4. The number of benzene rings is 2. The van der Waals surface area contributed by atoms with E-state index in [0.29, 0.717) is 16.6 Å². The molecule has 3 aromatic heterocycles. The van der Waals surface area contributed by atoms with Crippen molar-refractivity contribution < 1.29 is 23.4 Å². The fourth-order valence-electron chi connectivity index (χ4n) is 4.08. The lowest BCUT2D eigenvalue weighted by atomic mass is 10.1. The van der Waals surface area contributed by atoms with Crippen molar-refractivity contribution in [1.29, 1.82) is 0 Å². The molecule has 0 saturated heterocycles. The molecule has 36 heavy (non-hydrogen) atoms. The second-order valence-electron chi connectivity index (χ2n) is 8.37. The molecule has 182 valence electrons. The van der Waals surface area contributed by atoms with Crippen LogP contribution in [0, 0.1) is 13.8 Å². The van der Waals surface area contributed by atoms with Crippen LogP contribution in [0.25, 0.3) is 32.9 Å². The molecule has 7 nitrogen and oxygen atoms in total. The quantitative estimate of drug-likeness (QED) is 0.221. The van der Waals surface area contributed by atoms with Crippen molar-refractivity contribution in [3.63, 3.8) is 0 Å². The maximum atomic E-state index is 13.7. The Balaban J connectivity index is 1.48. The Bertz CT molecular complexity index is 1610. The van der Waals surface area contributed by atoms with Gasteiger partial charge in [-0.3, -0.25) is 9.55 Å². The van der Waals surface area contributed by atoms with Crippen LogP contribution in [-0.4, -0.2) is 23.2 Å². The molecule has 0 spiro atoms. The number of aromatic nitrogens is 1. The number of anilines is 1. The van der Waals surface area contributed by atoms with Crippen molar-refractivity contribution in [2.24, 2.45) is 0 Å². The summed E-state index contributed by atoms with van der Waals surface area (Å²) in [7, 11) is -2.21. The molecule has 1 atom stereocenters. The number of fused-ring (bicyclic) bond motifs is 1. The number of carboxylic acid groups (broad SMARTS) is 1. The number of carboxylic acids is 1. The Hall–Kier alpha value is -3.71. The molecule has 1 unspecified atom stereocenters. The zero-order chi connectivity index (χ0) is 25.4. The molecular weight excluding hydrogens is 495 g/mol. The topological polar surface area (TPSA) is 102 Å². The van der Waals surface area contributed by atoms with Gasteiger partial charge in [-0.25, -0.2) is 4.79 Å². The van der Waals surface area contributed by atoms with E-state index >= 15 is 0 Å². The first-order valence-corrected chi connectivity index (χ1v) is 13.6. The van der Waals surface area contributed by atoms with Crippen molar-refractivity contribution in [2.45, 2.75) is 13.8 Å². The van der Waals surface area contributed by atoms with Crippen LogP contribution in [-0.2, 0) is 9.09 Å². The third-order valence-electron chi connectivity index (χ3n) is 5.86. The van der Waals surface area contributed by atoms with Crippen LogP contribution >= 0.6 is 18.9 Å². The van der Waals surface area contributed by atoms with Gasteiger partial charge in [0.15, 0.2) is 5.58 Å². The summed E-state index contributed by atoms with van der Waals surface area (Å²) >= 11 is 1.11. The standard InChI is InChI=1S/C27H23N2O5PS/c1-16-6-11-24(17(2)13-16)35(32,33-3)29-21-15-25(36-26(21)27(30)31)19-9-7-18(8-10-19)23-14-20-22(34-23)5-4-12-28-20/h4-15H,1-3H3,(H,29,32)(H,30,31). The maximum Gasteiger partial charge on any atom is 0.348 e. The predicted octanol–water partition coefficient (Wildman–Crippen LogP) is 7.12. The largest absolute Gasteiger partial charge is 0.477 e. The number of aryl methyl sites for hydroxylation is 2. The third kappa shape index (κ3) is 4.46. The molecule has 0 saturated carbocycles. The summed E-state index contributed by atoms with van der Waals surface area (Å²) in [5, 5.41) is 13.3. The first-order valence-electron chi connectivity index (χ1n) is 11.1. The van der Waals surface area contributed by atoms with Crippen molar-refractivity contribution in [1.82, 2.24) is 4.98 Å². The Morgan fingerprint density at radius 3 is 2.47 bits per heavy atom. The van der Waals surface area contributed by atoms with E-state index in [9.17, 15) is 14.5 Å². The van der Waals surface area contributed by atoms with Crippen LogP contribution in [0.3, 0.4) is 0 Å². The Morgan fingerprint density at radius 1 is 1.06 bits per heavy atom. The minimum absolute atomic E-state index is 0.0551. The van der Waals surface area contributed by atoms with Gasteiger partial charge in [0.1, 0.15) is 16.2 Å². The molecule has 0 amide bonds. The average molecular weight is 519 g/mol. The van der Waals surface area contributed by atoms with Crippen molar-refractivity contribution >= 4 is 46.9 Å². The summed E-state index contributed by atoms with van der Waals surface area (Å²) in [5.41, 5.74) is 5.28. The molecule has 0 aliphatic carbocycles. The molecule has 0 aliphatic heterocycles. The van der Waals surface area contributed by atoms with Crippen LogP contribution in [0.4, 0.5) is 5.69 Å². The van der Waals surface area contributed by atoms with Gasteiger partial charge in [-0.2, -0.15) is 0 Å². The number of nitrogens with zero attached hydrogens (tertiary/aromatic N) is 1. The van der Waals surface area contributed by atoms with Gasteiger partial charge in [0.2, 0.25) is 0 Å². The van der Waals surface area contributed by atoms with Crippen molar-refractivity contribution in [2.75, 3.05) is 12.2 Å². The molecule has 5 rings (SSSR count). The number of thiophene rings is 1. The molecule has 5 aromatic rings. The smallest absolute Gasteiger partial charge is 0.348 e. The van der Waals surface area contributed by atoms with Crippen molar-refractivity contribution in [3.05, 3.63) is 88.9 Å². The lowest BCUT2D eigenvalue weighted by Gasteiger charge is -2.20. The molecule has 9 heteroatoms. The number of hydrogen-bond donors (Lipinski definition) is 2. The number of carbonyl (C=O) groups is 1. The van der Waals surface area contributed by atoms with Gasteiger partial charge in [-0.1, -0.05) is 42.0 Å². The zero-order valence-corrected chi connectivity index (χ0v) is 21.5. The monoisotopic (exact) mass is 518 g/mol. The van der Waals surface area contributed by atoms with E-state index in [2.05, 4.69) is 10.1 Å². The number of furan rings is 1. The van der Waals surface area contributed by atoms with Gasteiger partial charge in [-0.05, 0) is 49.2 Å². The molecular formula is C27H23N2O5PS. The highest BCUT2D eigenvalue weighted by Crippen LogP contribution is 2.48. The van der Waals surface area contributed by atoms with Crippen LogP contribution in [0.5, 0.6) is 0 Å². The van der Waals surface area contributed by atoms with Crippen LogP contribution < -0.4 is 10.4 Å². The minimum Gasteiger partial charge on any atom is -0.477 e. The average Bonchev–Trinajstić information content (AvgIpc) is 3.48. The normalized spacial score (nSPS) is 13.0. The number of aromatic carboxylic acids is 1. The fraction of sp³-hybridized carbons (Fsp3) is 0.111. The lowest BCUT2D eigenvalue weighted by molar-refractivity contribution is 0.0703. The van der Waals surface area contributed by atoms with Gasteiger partial charge >= 0.3 is 13.5 Å². The van der Waals surface area contributed by atoms with E-state index < -0.39 is 13.5 Å². The second-order valence-corrected chi connectivity index (χ2v) is 11.6. The highest BCUT2D eigenvalue weighted by molar-refractivity contribution is 7.68. The Kier molecular flexibility index (Phi) is 6.26. The first-order chi connectivity index (χ1) is 17.3. The van der Waals surface area contributed by atoms with Crippen molar-refractivity contribution in [3.8, 4) is 21.8 Å². The summed E-state index contributed by atoms with van der Waals surface area (Å²) in [6.07, 6.45) is 1.72. The fourth-order valence-corrected chi connectivity index (χ4v) is 6.82. The SMILES string of the molecule is COP(=O)(Nc1cc(-c2ccc(-c3cc4ncccc4o3)cc2)sc1C(=O)O)c1ccc(C)cc1C. The number of nitrogens with one attached hydrogen (secondary N) is 1. The van der Waals surface area contributed by atoms with E-state index in [1.165, 1.54) is 7.11 Å². The molecule has 0 radical (unpaired) electrons. The van der Waals surface area contributed by atoms with E-state index in [1.807, 2.05) is 68.4 Å². The molecule has 0 aliphatic rings. The summed E-state index contributed by atoms with van der Waals surface area (Å²) in [6.45, 7) is 3.80. The van der Waals surface area contributed by atoms with Gasteiger partial charge in [0, 0.05) is 29.8 Å². The zero-order valence-electron chi connectivity index (χ0n) is 19.8. The second kappa shape index (κ2) is 9.39. The van der Waals surface area contributed by atoms with Crippen LogP contribution in [0.15, 0.2) is 77.3 Å². The Morgan fingerprint density at radius 2 is 1.81 bits per heavy atom.